The monoisotopic (exact) mass is 424 g/mol. The largest absolute Gasteiger partial charge is 0.323 e. The van der Waals surface area contributed by atoms with Gasteiger partial charge in [0.25, 0.3) is 0 Å². The third kappa shape index (κ3) is 2.61. The van der Waals surface area contributed by atoms with Crippen molar-refractivity contribution in [2.75, 3.05) is 6.54 Å². The van der Waals surface area contributed by atoms with Crippen LogP contribution in [-0.2, 0) is 0 Å². The zero-order chi connectivity index (χ0) is 21.9. The van der Waals surface area contributed by atoms with Crippen molar-refractivity contribution in [2.24, 2.45) is 0 Å². The molecule has 0 spiro atoms. The van der Waals surface area contributed by atoms with E-state index in [0.29, 0.717) is 0 Å². The van der Waals surface area contributed by atoms with Crippen molar-refractivity contribution in [1.29, 1.82) is 0 Å². The van der Waals surface area contributed by atoms with E-state index in [1.54, 1.807) is 0 Å². The Morgan fingerprint density at radius 3 is 2.36 bits per heavy atom. The van der Waals surface area contributed by atoms with Gasteiger partial charge in [0.15, 0.2) is 0 Å². The first kappa shape index (κ1) is 18.5. The molecule has 4 aliphatic rings. The molecule has 158 valence electrons. The van der Waals surface area contributed by atoms with Crippen LogP contribution in [0.4, 0.5) is 0 Å². The molecule has 0 saturated heterocycles. The van der Waals surface area contributed by atoms with E-state index < -0.39 is 0 Å². The van der Waals surface area contributed by atoms with Crippen LogP contribution in [0.2, 0.25) is 0 Å². The van der Waals surface area contributed by atoms with Crippen LogP contribution < -0.4 is 0 Å². The summed E-state index contributed by atoms with van der Waals surface area (Å²) in [5.41, 5.74) is 11.8. The van der Waals surface area contributed by atoms with Crippen LogP contribution in [0.5, 0.6) is 0 Å². The fourth-order valence-electron chi connectivity index (χ4n) is 5.73. The summed E-state index contributed by atoms with van der Waals surface area (Å²) in [6.45, 7) is 3.12. The first-order valence-electron chi connectivity index (χ1n) is 11.6. The minimum absolute atomic E-state index is 0.185. The lowest BCUT2D eigenvalue weighted by molar-refractivity contribution is 0.296. The molecule has 7 rings (SSSR count). The van der Waals surface area contributed by atoms with Crippen molar-refractivity contribution in [3.05, 3.63) is 149 Å². The third-order valence-electron chi connectivity index (χ3n) is 7.20. The lowest BCUT2D eigenvalue weighted by Gasteiger charge is -2.48. The Hall–Kier alpha value is -4.04. The van der Waals surface area contributed by atoms with Crippen LogP contribution in [0, 0.1) is 0 Å². The quantitative estimate of drug-likeness (QED) is 0.415. The van der Waals surface area contributed by atoms with Crippen molar-refractivity contribution < 1.29 is 0 Å². The summed E-state index contributed by atoms with van der Waals surface area (Å²) in [6, 6.07) is 28.7. The molecule has 0 amide bonds. The number of rotatable bonds is 1. The van der Waals surface area contributed by atoms with E-state index in [-0.39, 0.29) is 6.04 Å². The van der Waals surface area contributed by atoms with Crippen LogP contribution in [0.15, 0.2) is 121 Å². The summed E-state index contributed by atoms with van der Waals surface area (Å²) in [4.78, 5) is 5.00. The van der Waals surface area contributed by atoms with E-state index in [1.165, 1.54) is 56.1 Å². The van der Waals surface area contributed by atoms with E-state index in [0.717, 1.165) is 6.54 Å². The van der Waals surface area contributed by atoms with E-state index >= 15 is 0 Å². The van der Waals surface area contributed by atoms with E-state index in [2.05, 4.69) is 126 Å². The topological polar surface area (TPSA) is 6.48 Å². The van der Waals surface area contributed by atoms with Gasteiger partial charge >= 0.3 is 0 Å². The van der Waals surface area contributed by atoms with Crippen molar-refractivity contribution in [3.8, 4) is 0 Å². The van der Waals surface area contributed by atoms with Crippen molar-refractivity contribution in [1.82, 2.24) is 9.80 Å². The summed E-state index contributed by atoms with van der Waals surface area (Å²) < 4.78 is 0. The molecule has 4 heterocycles. The van der Waals surface area contributed by atoms with Gasteiger partial charge in [0.2, 0.25) is 0 Å². The molecule has 3 aromatic carbocycles. The van der Waals surface area contributed by atoms with Crippen molar-refractivity contribution in [2.45, 2.75) is 13.0 Å². The predicted octanol–water partition coefficient (Wildman–Crippen LogP) is 6.99. The van der Waals surface area contributed by atoms with Gasteiger partial charge in [-0.1, -0.05) is 97.1 Å². The zero-order valence-corrected chi connectivity index (χ0v) is 18.6. The summed E-state index contributed by atoms with van der Waals surface area (Å²) in [5.74, 6) is 1.28. The lowest BCUT2D eigenvalue weighted by Crippen LogP contribution is -2.41. The molecule has 0 fully saturated rings. The van der Waals surface area contributed by atoms with Gasteiger partial charge in [-0.2, -0.15) is 0 Å². The van der Waals surface area contributed by atoms with Crippen molar-refractivity contribution in [3.63, 3.8) is 0 Å². The highest BCUT2D eigenvalue weighted by Crippen LogP contribution is 2.52. The van der Waals surface area contributed by atoms with E-state index in [4.69, 9.17) is 0 Å². The van der Waals surface area contributed by atoms with Crippen LogP contribution in [0.25, 0.3) is 16.8 Å². The Bertz CT molecular complexity index is 1450. The van der Waals surface area contributed by atoms with Crippen LogP contribution >= 0.6 is 0 Å². The highest BCUT2D eigenvalue weighted by Gasteiger charge is 2.40. The van der Waals surface area contributed by atoms with Gasteiger partial charge in [-0.25, -0.2) is 0 Å². The Morgan fingerprint density at radius 1 is 0.788 bits per heavy atom. The molecule has 3 aromatic rings. The molecule has 33 heavy (non-hydrogen) atoms. The number of benzene rings is 3. The van der Waals surface area contributed by atoms with Gasteiger partial charge in [-0.05, 0) is 40.8 Å². The summed E-state index contributed by atoms with van der Waals surface area (Å²) >= 11 is 0. The molecule has 1 unspecified atom stereocenters. The van der Waals surface area contributed by atoms with Gasteiger partial charge in [0.1, 0.15) is 5.82 Å². The second-order valence-electron chi connectivity index (χ2n) is 9.03. The SMILES string of the molecule is CC1=CC2c3ccccc3C3=C(N4CC=CC=C4c4ccccc43)N2C=C1c1ccccc1. The summed E-state index contributed by atoms with van der Waals surface area (Å²) in [7, 11) is 0. The van der Waals surface area contributed by atoms with Crippen LogP contribution in [0.1, 0.15) is 40.8 Å². The lowest BCUT2D eigenvalue weighted by atomic mass is 9.79. The maximum Gasteiger partial charge on any atom is 0.122 e. The molecular weight excluding hydrogens is 400 g/mol. The standard InChI is InChI=1S/C31H24N2/c1-21-19-29-24-14-6-8-16-26(24)30-25-15-7-5-13-23(25)28-17-9-10-18-32(28)31(30)33(29)20-27(21)22-11-3-2-4-12-22/h2-17,19-20,29H,18H2,1H3. The molecular formula is C31H24N2. The van der Waals surface area contributed by atoms with Crippen molar-refractivity contribution >= 4 is 16.8 Å². The molecule has 0 radical (unpaired) electrons. The molecule has 4 aliphatic heterocycles. The average molecular weight is 425 g/mol. The fourth-order valence-corrected chi connectivity index (χ4v) is 5.73. The third-order valence-corrected chi connectivity index (χ3v) is 7.20. The second-order valence-corrected chi connectivity index (χ2v) is 9.03. The van der Waals surface area contributed by atoms with E-state index in [1.807, 2.05) is 0 Å². The minimum Gasteiger partial charge on any atom is -0.323 e. The predicted molar refractivity (Wildman–Crippen MR) is 135 cm³/mol. The number of hydrogen-bond acceptors (Lipinski definition) is 2. The Labute approximate surface area is 194 Å². The van der Waals surface area contributed by atoms with Gasteiger partial charge in [-0.15, -0.1) is 0 Å². The Balaban J connectivity index is 1.54. The second kappa shape index (κ2) is 6.98. The maximum absolute atomic E-state index is 2.51. The molecule has 0 aliphatic carbocycles. The van der Waals surface area contributed by atoms with Crippen LogP contribution in [0.3, 0.4) is 0 Å². The molecule has 0 saturated carbocycles. The number of fused-ring (bicyclic) bond motifs is 10. The van der Waals surface area contributed by atoms with Gasteiger partial charge in [-0.3, -0.25) is 0 Å². The molecule has 0 aromatic heterocycles. The first-order chi connectivity index (χ1) is 16.3. The van der Waals surface area contributed by atoms with Gasteiger partial charge in [0, 0.05) is 29.5 Å². The average Bonchev–Trinajstić information content (AvgIpc) is 2.88. The van der Waals surface area contributed by atoms with Gasteiger partial charge in [0.05, 0.1) is 11.7 Å². The Morgan fingerprint density at radius 2 is 1.52 bits per heavy atom. The highest BCUT2D eigenvalue weighted by atomic mass is 15.4. The molecule has 2 nitrogen and oxygen atoms in total. The summed E-state index contributed by atoms with van der Waals surface area (Å²) in [5, 5.41) is 0. The minimum atomic E-state index is 0.185. The number of allylic oxidation sites excluding steroid dienone is 4. The smallest absolute Gasteiger partial charge is 0.122 e. The maximum atomic E-state index is 2.51. The molecule has 0 N–H and O–H groups in total. The molecule has 2 heteroatoms. The zero-order valence-electron chi connectivity index (χ0n) is 18.6. The van der Waals surface area contributed by atoms with Crippen LogP contribution in [-0.4, -0.2) is 16.3 Å². The number of hydrogen-bond donors (Lipinski definition) is 0. The highest BCUT2D eigenvalue weighted by molar-refractivity contribution is 5.95. The van der Waals surface area contributed by atoms with Gasteiger partial charge < -0.3 is 9.80 Å². The fraction of sp³-hybridized carbons (Fsp3) is 0.0968. The first-order valence-corrected chi connectivity index (χ1v) is 11.6. The summed E-state index contributed by atoms with van der Waals surface area (Å²) in [6.07, 6.45) is 11.5. The Kier molecular flexibility index (Phi) is 3.92. The molecule has 1 atom stereocenters. The number of nitrogens with zero attached hydrogens (tertiary/aromatic N) is 2. The van der Waals surface area contributed by atoms with E-state index in [9.17, 15) is 0 Å². The normalized spacial score (nSPS) is 20.0. The molecule has 0 bridgehead atoms.